The van der Waals surface area contributed by atoms with Crippen LogP contribution in [0.15, 0.2) is 15.8 Å². The quantitative estimate of drug-likeness (QED) is 0.493. The number of aliphatic hydroxyl groups excluding tert-OH is 2. The summed E-state index contributed by atoms with van der Waals surface area (Å²) < 4.78 is 18.9. The van der Waals surface area contributed by atoms with Gasteiger partial charge >= 0.3 is 11.7 Å². The van der Waals surface area contributed by atoms with Crippen molar-refractivity contribution in [3.05, 3.63) is 32.9 Å². The number of carbonyl (C=O) groups is 1. The number of nitrogens with zero attached hydrogens (tertiary/aromatic N) is 1. The van der Waals surface area contributed by atoms with Gasteiger partial charge in [0, 0.05) is 6.42 Å². The largest absolute Gasteiger partial charge is 0.479 e. The fourth-order valence-corrected chi connectivity index (χ4v) is 1.95. The first-order valence-electron chi connectivity index (χ1n) is 5.56. The normalized spacial score (nSPS) is 27.4. The van der Waals surface area contributed by atoms with Crippen molar-refractivity contribution in [2.24, 2.45) is 0 Å². The van der Waals surface area contributed by atoms with E-state index in [4.69, 9.17) is 9.84 Å². The summed E-state index contributed by atoms with van der Waals surface area (Å²) in [4.78, 5) is 34.7. The van der Waals surface area contributed by atoms with Crippen molar-refractivity contribution in [3.63, 3.8) is 0 Å². The van der Waals surface area contributed by atoms with Crippen LogP contribution in [0.2, 0.25) is 0 Å². The first kappa shape index (κ1) is 14.4. The average molecular weight is 290 g/mol. The van der Waals surface area contributed by atoms with Crippen LogP contribution in [0.4, 0.5) is 4.39 Å². The van der Waals surface area contributed by atoms with Gasteiger partial charge in [0.15, 0.2) is 6.10 Å². The molecule has 0 bridgehead atoms. The van der Waals surface area contributed by atoms with Gasteiger partial charge in [-0.1, -0.05) is 0 Å². The molecule has 0 spiro atoms. The standard InChI is InChI=1S/C10H11FN2O7/c11-3-2-13(10(19)12-8(3)16)5-1-4(14)7(20-5)6(15)9(17)18/h2,4-7,14-15H,1H2,(H,17,18)(H,12,16,19)/t4-,5+,6?,7-/m0/s1. The number of nitrogens with one attached hydrogen (secondary N) is 1. The van der Waals surface area contributed by atoms with E-state index in [0.29, 0.717) is 10.8 Å². The highest BCUT2D eigenvalue weighted by Gasteiger charge is 2.42. The lowest BCUT2D eigenvalue weighted by Crippen LogP contribution is -2.40. The van der Waals surface area contributed by atoms with E-state index in [2.05, 4.69) is 0 Å². The molecule has 0 amide bonds. The Kier molecular flexibility index (Phi) is 3.70. The van der Waals surface area contributed by atoms with Gasteiger partial charge < -0.3 is 20.1 Å². The zero-order valence-corrected chi connectivity index (χ0v) is 9.89. The molecule has 1 aromatic heterocycles. The molecule has 10 heteroatoms. The number of hydrogen-bond donors (Lipinski definition) is 4. The molecular formula is C10H11FN2O7. The van der Waals surface area contributed by atoms with Gasteiger partial charge in [0.05, 0.1) is 12.3 Å². The molecule has 1 aliphatic rings. The van der Waals surface area contributed by atoms with Crippen LogP contribution in [-0.2, 0) is 9.53 Å². The maximum absolute atomic E-state index is 13.1. The number of carboxylic acid groups (broad SMARTS) is 1. The number of rotatable bonds is 3. The number of aliphatic carboxylic acids is 1. The van der Waals surface area contributed by atoms with Crippen molar-refractivity contribution in [2.45, 2.75) is 31.0 Å². The van der Waals surface area contributed by atoms with E-state index in [1.807, 2.05) is 0 Å². The predicted molar refractivity (Wildman–Crippen MR) is 59.5 cm³/mol. The van der Waals surface area contributed by atoms with Crippen LogP contribution in [0, 0.1) is 5.82 Å². The molecule has 2 rings (SSSR count). The minimum Gasteiger partial charge on any atom is -0.479 e. The van der Waals surface area contributed by atoms with Crippen LogP contribution in [-0.4, -0.2) is 49.2 Å². The summed E-state index contributed by atoms with van der Waals surface area (Å²) in [6, 6.07) is 0. The van der Waals surface area contributed by atoms with E-state index in [1.165, 1.54) is 0 Å². The van der Waals surface area contributed by atoms with Gasteiger partial charge in [-0.05, 0) is 0 Å². The number of carboxylic acids is 1. The third-order valence-electron chi connectivity index (χ3n) is 2.94. The molecule has 110 valence electrons. The first-order chi connectivity index (χ1) is 9.31. The van der Waals surface area contributed by atoms with E-state index in [1.54, 1.807) is 4.98 Å². The van der Waals surface area contributed by atoms with E-state index < -0.39 is 47.6 Å². The Morgan fingerprint density at radius 2 is 2.20 bits per heavy atom. The first-order valence-corrected chi connectivity index (χ1v) is 5.56. The van der Waals surface area contributed by atoms with Gasteiger partial charge in [-0.25, -0.2) is 9.59 Å². The van der Waals surface area contributed by atoms with Gasteiger partial charge in [-0.2, -0.15) is 4.39 Å². The Labute approximate surface area is 109 Å². The second-order valence-electron chi connectivity index (χ2n) is 4.29. The summed E-state index contributed by atoms with van der Waals surface area (Å²) in [5.41, 5.74) is -2.18. The molecule has 0 aliphatic carbocycles. The maximum atomic E-state index is 13.1. The highest BCUT2D eigenvalue weighted by molar-refractivity contribution is 5.72. The number of H-pyrrole nitrogens is 1. The summed E-state index contributed by atoms with van der Waals surface area (Å²) >= 11 is 0. The number of aromatic nitrogens is 2. The van der Waals surface area contributed by atoms with Crippen molar-refractivity contribution in [1.29, 1.82) is 0 Å². The van der Waals surface area contributed by atoms with E-state index in [0.717, 1.165) is 0 Å². The summed E-state index contributed by atoms with van der Waals surface area (Å²) in [5, 5.41) is 27.6. The Balaban J connectivity index is 2.29. The number of halogens is 1. The molecule has 0 radical (unpaired) electrons. The van der Waals surface area contributed by atoms with Crippen LogP contribution in [0.25, 0.3) is 0 Å². The maximum Gasteiger partial charge on any atom is 0.335 e. The molecule has 4 N–H and O–H groups in total. The van der Waals surface area contributed by atoms with E-state index >= 15 is 0 Å². The summed E-state index contributed by atoms with van der Waals surface area (Å²) in [7, 11) is 0. The van der Waals surface area contributed by atoms with Crippen LogP contribution >= 0.6 is 0 Å². The third kappa shape index (κ3) is 2.48. The van der Waals surface area contributed by atoms with E-state index in [9.17, 15) is 29.0 Å². The molecular weight excluding hydrogens is 279 g/mol. The Bertz CT molecular complexity index is 639. The zero-order chi connectivity index (χ0) is 15.0. The van der Waals surface area contributed by atoms with Crippen LogP contribution in [0.1, 0.15) is 12.6 Å². The smallest absolute Gasteiger partial charge is 0.335 e. The minimum absolute atomic E-state index is 0.236. The Hall–Kier alpha value is -2.04. The lowest BCUT2D eigenvalue weighted by Gasteiger charge is -2.18. The summed E-state index contributed by atoms with van der Waals surface area (Å²) in [6.07, 6.45) is -5.64. The molecule has 20 heavy (non-hydrogen) atoms. The van der Waals surface area contributed by atoms with Crippen molar-refractivity contribution < 1.29 is 29.2 Å². The molecule has 0 aromatic carbocycles. The fourth-order valence-electron chi connectivity index (χ4n) is 1.95. The summed E-state index contributed by atoms with van der Waals surface area (Å²) in [5.74, 6) is -2.83. The molecule has 4 atom stereocenters. The third-order valence-corrected chi connectivity index (χ3v) is 2.94. The number of aromatic amines is 1. The molecule has 1 saturated heterocycles. The van der Waals surface area contributed by atoms with E-state index in [-0.39, 0.29) is 6.42 Å². The monoisotopic (exact) mass is 290 g/mol. The number of hydrogen-bond acceptors (Lipinski definition) is 6. The highest BCUT2D eigenvalue weighted by atomic mass is 19.1. The van der Waals surface area contributed by atoms with Gasteiger partial charge in [-0.3, -0.25) is 14.3 Å². The Morgan fingerprint density at radius 3 is 2.80 bits per heavy atom. The number of ether oxygens (including phenoxy) is 1. The zero-order valence-electron chi connectivity index (χ0n) is 9.89. The predicted octanol–water partition coefficient (Wildman–Crippen LogP) is -2.23. The molecule has 2 heterocycles. The Morgan fingerprint density at radius 1 is 1.55 bits per heavy atom. The number of aliphatic hydroxyl groups is 2. The molecule has 1 fully saturated rings. The molecule has 1 aromatic rings. The van der Waals surface area contributed by atoms with Crippen molar-refractivity contribution in [1.82, 2.24) is 9.55 Å². The molecule has 1 unspecified atom stereocenters. The minimum atomic E-state index is -1.99. The van der Waals surface area contributed by atoms with Crippen LogP contribution in [0.5, 0.6) is 0 Å². The van der Waals surface area contributed by atoms with Gasteiger partial charge in [0.1, 0.15) is 12.3 Å². The highest BCUT2D eigenvalue weighted by Crippen LogP contribution is 2.29. The molecule has 9 nitrogen and oxygen atoms in total. The van der Waals surface area contributed by atoms with Crippen molar-refractivity contribution in [2.75, 3.05) is 0 Å². The second-order valence-corrected chi connectivity index (χ2v) is 4.29. The van der Waals surface area contributed by atoms with Crippen LogP contribution < -0.4 is 11.2 Å². The van der Waals surface area contributed by atoms with Crippen molar-refractivity contribution in [3.8, 4) is 0 Å². The fraction of sp³-hybridized carbons (Fsp3) is 0.500. The topological polar surface area (TPSA) is 142 Å². The van der Waals surface area contributed by atoms with Crippen molar-refractivity contribution >= 4 is 5.97 Å². The van der Waals surface area contributed by atoms with Gasteiger partial charge in [0.2, 0.25) is 5.82 Å². The lowest BCUT2D eigenvalue weighted by atomic mass is 10.1. The van der Waals surface area contributed by atoms with Gasteiger partial charge in [0.25, 0.3) is 5.56 Å². The summed E-state index contributed by atoms with van der Waals surface area (Å²) in [6.45, 7) is 0. The SMILES string of the molecule is O=C(O)C(O)[C@H]1O[C@@H](n2cc(F)c(=O)[nH]c2=O)C[C@@H]1O. The van der Waals surface area contributed by atoms with Crippen LogP contribution in [0.3, 0.4) is 0 Å². The lowest BCUT2D eigenvalue weighted by molar-refractivity contribution is -0.160. The van der Waals surface area contributed by atoms with Gasteiger partial charge in [-0.15, -0.1) is 0 Å². The average Bonchev–Trinajstić information content (AvgIpc) is 2.74. The second kappa shape index (κ2) is 5.15. The molecule has 0 saturated carbocycles. The molecule has 1 aliphatic heterocycles.